The number of aryl methyl sites for hydroxylation is 2. The van der Waals surface area contributed by atoms with Crippen LogP contribution in [0.4, 0.5) is 11.4 Å². The van der Waals surface area contributed by atoms with Gasteiger partial charge in [-0.3, -0.25) is 0 Å². The minimum Gasteiger partial charge on any atom is -0.340 e. The van der Waals surface area contributed by atoms with Crippen molar-refractivity contribution in [1.29, 1.82) is 0 Å². The number of benzene rings is 3. The van der Waals surface area contributed by atoms with Crippen molar-refractivity contribution < 1.29 is 0 Å². The van der Waals surface area contributed by atoms with Gasteiger partial charge in [0.1, 0.15) is 5.84 Å². The number of rotatable bonds is 3. The van der Waals surface area contributed by atoms with Gasteiger partial charge in [-0.2, -0.15) is 0 Å². The molecule has 0 amide bonds. The summed E-state index contributed by atoms with van der Waals surface area (Å²) in [6.07, 6.45) is 0. The first-order valence-corrected chi connectivity index (χ1v) is 8.87. The Bertz CT molecular complexity index is 916. The fourth-order valence-electron chi connectivity index (χ4n) is 2.49. The maximum Gasteiger partial charge on any atom is 0.199 e. The van der Waals surface area contributed by atoms with Gasteiger partial charge < -0.3 is 10.6 Å². The van der Waals surface area contributed by atoms with Crippen LogP contribution in [0.1, 0.15) is 16.7 Å². The Morgan fingerprint density at radius 1 is 0.769 bits per heavy atom. The third-order valence-electron chi connectivity index (χ3n) is 3.96. The number of anilines is 2. The van der Waals surface area contributed by atoms with Gasteiger partial charge in [0.05, 0.1) is 0 Å². The Labute approximate surface area is 159 Å². The molecule has 0 bridgehead atoms. The summed E-state index contributed by atoms with van der Waals surface area (Å²) in [4.78, 5) is 4.63. The van der Waals surface area contributed by atoms with Crippen molar-refractivity contribution in [2.75, 3.05) is 10.6 Å². The molecule has 0 spiro atoms. The molecule has 3 nitrogen and oxygen atoms in total. The van der Waals surface area contributed by atoms with Crippen molar-refractivity contribution in [3.8, 4) is 0 Å². The average molecular weight is 359 g/mol. The molecule has 26 heavy (non-hydrogen) atoms. The third-order valence-corrected chi connectivity index (χ3v) is 4.15. The molecule has 0 aliphatic carbocycles. The smallest absolute Gasteiger partial charge is 0.199 e. The lowest BCUT2D eigenvalue weighted by molar-refractivity contribution is 1.44. The van der Waals surface area contributed by atoms with Crippen molar-refractivity contribution in [2.24, 2.45) is 4.99 Å². The summed E-state index contributed by atoms with van der Waals surface area (Å²) < 4.78 is 0. The fraction of sp³-hybridized carbons (Fsp3) is 0.0909. The molecule has 0 aliphatic heterocycles. The van der Waals surface area contributed by atoms with E-state index in [9.17, 15) is 0 Å². The van der Waals surface area contributed by atoms with Gasteiger partial charge in [-0.1, -0.05) is 66.2 Å². The van der Waals surface area contributed by atoms with Gasteiger partial charge in [0, 0.05) is 16.9 Å². The van der Waals surface area contributed by atoms with Crippen LogP contribution in [0, 0.1) is 13.8 Å². The minimum atomic E-state index is 0.415. The molecule has 0 atom stereocenters. The Balaban J connectivity index is 1.87. The molecule has 0 unspecified atom stereocenters. The van der Waals surface area contributed by atoms with Gasteiger partial charge in [-0.05, 0) is 49.8 Å². The molecule has 0 fully saturated rings. The zero-order valence-electron chi connectivity index (χ0n) is 14.9. The summed E-state index contributed by atoms with van der Waals surface area (Å²) in [5, 5.41) is 7.00. The topological polar surface area (TPSA) is 36.4 Å². The van der Waals surface area contributed by atoms with E-state index in [1.165, 1.54) is 5.56 Å². The number of nitrogens with zero attached hydrogens (tertiary/aromatic N) is 1. The van der Waals surface area contributed by atoms with E-state index in [4.69, 9.17) is 12.2 Å². The summed E-state index contributed by atoms with van der Waals surface area (Å²) in [7, 11) is 0. The second-order valence-corrected chi connectivity index (χ2v) is 6.45. The van der Waals surface area contributed by atoms with Crippen molar-refractivity contribution >= 4 is 34.5 Å². The molecule has 0 aromatic heterocycles. The highest BCUT2D eigenvalue weighted by Crippen LogP contribution is 2.15. The summed E-state index contributed by atoms with van der Waals surface area (Å²) in [6, 6.07) is 26.2. The number of para-hydroxylation sites is 1. The van der Waals surface area contributed by atoms with E-state index in [0.29, 0.717) is 10.9 Å². The molecule has 0 aliphatic rings. The maximum absolute atomic E-state index is 5.47. The fourth-order valence-corrected chi connectivity index (χ4v) is 2.69. The first kappa shape index (κ1) is 17.8. The Morgan fingerprint density at radius 3 is 2.12 bits per heavy atom. The van der Waals surface area contributed by atoms with Crippen LogP contribution < -0.4 is 10.6 Å². The first-order valence-electron chi connectivity index (χ1n) is 8.46. The maximum atomic E-state index is 5.47. The second kappa shape index (κ2) is 8.41. The molecule has 130 valence electrons. The summed E-state index contributed by atoms with van der Waals surface area (Å²) in [5.41, 5.74) is 5.24. The lowest BCUT2D eigenvalue weighted by atomic mass is 10.2. The molecule has 0 heterocycles. The Kier molecular flexibility index (Phi) is 5.77. The predicted molar refractivity (Wildman–Crippen MR) is 115 cm³/mol. The van der Waals surface area contributed by atoms with Crippen LogP contribution in [0.5, 0.6) is 0 Å². The van der Waals surface area contributed by atoms with Crippen LogP contribution in [0.25, 0.3) is 0 Å². The molecule has 0 saturated heterocycles. The Hall–Kier alpha value is -2.98. The number of hydrogen-bond acceptors (Lipinski definition) is 1. The highest BCUT2D eigenvalue weighted by Gasteiger charge is 2.07. The predicted octanol–water partition coefficient (Wildman–Crippen LogP) is 5.56. The number of nitrogens with one attached hydrogen (secondary N) is 2. The van der Waals surface area contributed by atoms with Crippen LogP contribution in [-0.2, 0) is 0 Å². The highest BCUT2D eigenvalue weighted by atomic mass is 32.1. The van der Waals surface area contributed by atoms with Gasteiger partial charge in [0.2, 0.25) is 0 Å². The molecular weight excluding hydrogens is 338 g/mol. The van der Waals surface area contributed by atoms with E-state index in [1.54, 1.807) is 0 Å². The van der Waals surface area contributed by atoms with E-state index in [1.807, 2.05) is 73.7 Å². The van der Waals surface area contributed by atoms with E-state index in [-0.39, 0.29) is 0 Å². The van der Waals surface area contributed by atoms with Crippen LogP contribution in [-0.4, -0.2) is 10.9 Å². The molecule has 2 N–H and O–H groups in total. The number of amidine groups is 1. The van der Waals surface area contributed by atoms with Crippen molar-refractivity contribution in [2.45, 2.75) is 13.8 Å². The van der Waals surface area contributed by atoms with Crippen molar-refractivity contribution in [3.05, 3.63) is 95.6 Å². The summed E-state index contributed by atoms with van der Waals surface area (Å²) >= 11 is 5.47. The van der Waals surface area contributed by atoms with Crippen LogP contribution in [0.3, 0.4) is 0 Å². The normalized spacial score (nSPS) is 11.1. The molecule has 4 heteroatoms. The lowest BCUT2D eigenvalue weighted by Crippen LogP contribution is -2.18. The Morgan fingerprint density at radius 2 is 1.42 bits per heavy atom. The summed E-state index contributed by atoms with van der Waals surface area (Å²) in [5.74, 6) is 0.709. The number of hydrogen-bond donors (Lipinski definition) is 2. The SMILES string of the molecule is Cc1ccc(N/C(=N\C(=S)Nc2ccccc2C)c2ccccc2)cc1. The first-order chi connectivity index (χ1) is 12.6. The zero-order chi connectivity index (χ0) is 18.4. The number of aliphatic imine (C=N–C) groups is 1. The average Bonchev–Trinajstić information content (AvgIpc) is 2.65. The molecule has 0 saturated carbocycles. The zero-order valence-corrected chi connectivity index (χ0v) is 15.7. The summed E-state index contributed by atoms with van der Waals surface area (Å²) in [6.45, 7) is 4.11. The highest BCUT2D eigenvalue weighted by molar-refractivity contribution is 7.80. The van der Waals surface area contributed by atoms with E-state index < -0.39 is 0 Å². The van der Waals surface area contributed by atoms with Gasteiger partial charge in [0.25, 0.3) is 0 Å². The molecule has 3 aromatic rings. The van der Waals surface area contributed by atoms with E-state index in [2.05, 4.69) is 34.7 Å². The molecule has 0 radical (unpaired) electrons. The molecule has 3 aromatic carbocycles. The molecule has 3 rings (SSSR count). The minimum absolute atomic E-state index is 0.415. The quantitative estimate of drug-likeness (QED) is 0.365. The van der Waals surface area contributed by atoms with Crippen molar-refractivity contribution in [1.82, 2.24) is 0 Å². The monoisotopic (exact) mass is 359 g/mol. The third kappa shape index (κ3) is 4.77. The van der Waals surface area contributed by atoms with Gasteiger partial charge in [0.15, 0.2) is 5.11 Å². The van der Waals surface area contributed by atoms with E-state index >= 15 is 0 Å². The van der Waals surface area contributed by atoms with Crippen LogP contribution >= 0.6 is 12.2 Å². The van der Waals surface area contributed by atoms with E-state index in [0.717, 1.165) is 22.5 Å². The standard InChI is InChI=1S/C22H21N3S/c1-16-12-14-19(15-13-16)23-21(18-9-4-3-5-10-18)25-22(26)24-20-11-7-6-8-17(20)2/h3-15H,1-2H3,(H2,23,24,25,26). The number of thiocarbonyl (C=S) groups is 1. The van der Waals surface area contributed by atoms with Crippen molar-refractivity contribution in [3.63, 3.8) is 0 Å². The van der Waals surface area contributed by atoms with Crippen LogP contribution in [0.15, 0.2) is 83.9 Å². The van der Waals surface area contributed by atoms with Gasteiger partial charge in [-0.15, -0.1) is 0 Å². The molecular formula is C22H21N3S. The van der Waals surface area contributed by atoms with Gasteiger partial charge >= 0.3 is 0 Å². The van der Waals surface area contributed by atoms with Crippen LogP contribution in [0.2, 0.25) is 0 Å². The van der Waals surface area contributed by atoms with Gasteiger partial charge in [-0.25, -0.2) is 4.99 Å². The second-order valence-electron chi connectivity index (χ2n) is 6.06. The largest absolute Gasteiger partial charge is 0.340 e. The lowest BCUT2D eigenvalue weighted by Gasteiger charge is -2.12.